The third-order valence-electron chi connectivity index (χ3n) is 11.3. The highest BCUT2D eigenvalue weighted by Crippen LogP contribution is 2.43. The zero-order chi connectivity index (χ0) is 37.0. The second-order valence-electron chi connectivity index (χ2n) is 14.6. The van der Waals surface area contributed by atoms with E-state index in [2.05, 4.69) is 228 Å². The van der Waals surface area contributed by atoms with Crippen LogP contribution in [0.2, 0.25) is 0 Å². The molecule has 0 fully saturated rings. The van der Waals surface area contributed by atoms with Crippen molar-refractivity contribution in [3.63, 3.8) is 0 Å². The molecular formula is C54H36N2. The third kappa shape index (κ3) is 5.26. The van der Waals surface area contributed by atoms with E-state index in [1.165, 1.54) is 88.1 Å². The van der Waals surface area contributed by atoms with Crippen LogP contribution in [-0.2, 0) is 0 Å². The fourth-order valence-electron chi connectivity index (χ4n) is 8.71. The van der Waals surface area contributed by atoms with E-state index in [9.17, 15) is 0 Å². The Balaban J connectivity index is 1.14. The lowest BCUT2D eigenvalue weighted by Crippen LogP contribution is -1.94. The van der Waals surface area contributed by atoms with Gasteiger partial charge in [0.15, 0.2) is 0 Å². The van der Waals surface area contributed by atoms with Gasteiger partial charge in [-0.05, 0) is 111 Å². The first-order chi connectivity index (χ1) is 27.8. The van der Waals surface area contributed by atoms with Crippen LogP contribution in [-0.4, -0.2) is 9.13 Å². The number of rotatable bonds is 6. The third-order valence-corrected chi connectivity index (χ3v) is 11.3. The Morgan fingerprint density at radius 2 is 0.714 bits per heavy atom. The van der Waals surface area contributed by atoms with E-state index in [-0.39, 0.29) is 0 Å². The molecule has 0 amide bonds. The summed E-state index contributed by atoms with van der Waals surface area (Å²) in [5, 5.41) is 4.98. The minimum absolute atomic E-state index is 1.15. The zero-order valence-corrected chi connectivity index (χ0v) is 30.7. The molecule has 9 aromatic carbocycles. The van der Waals surface area contributed by atoms with Gasteiger partial charge in [0.05, 0.1) is 22.1 Å². The van der Waals surface area contributed by atoms with Gasteiger partial charge in [0, 0.05) is 32.9 Å². The summed E-state index contributed by atoms with van der Waals surface area (Å²) >= 11 is 0. The van der Waals surface area contributed by atoms with Crippen molar-refractivity contribution in [3.8, 4) is 55.9 Å². The fourth-order valence-corrected chi connectivity index (χ4v) is 8.71. The Hall–Kier alpha value is -7.42. The van der Waals surface area contributed by atoms with E-state index in [0.29, 0.717) is 0 Å². The Labute approximate surface area is 325 Å². The summed E-state index contributed by atoms with van der Waals surface area (Å²) in [4.78, 5) is 0. The normalized spacial score (nSPS) is 11.6. The molecule has 11 rings (SSSR count). The molecule has 0 N–H and O–H groups in total. The molecule has 0 saturated carbocycles. The summed E-state index contributed by atoms with van der Waals surface area (Å²) in [6.45, 7) is 0. The van der Waals surface area contributed by atoms with Gasteiger partial charge in [-0.3, -0.25) is 0 Å². The van der Waals surface area contributed by atoms with Crippen molar-refractivity contribution in [1.82, 2.24) is 9.13 Å². The van der Waals surface area contributed by atoms with Crippen molar-refractivity contribution in [2.24, 2.45) is 0 Å². The van der Waals surface area contributed by atoms with Gasteiger partial charge in [-0.25, -0.2) is 0 Å². The van der Waals surface area contributed by atoms with Crippen LogP contribution in [0.4, 0.5) is 0 Å². The summed E-state index contributed by atoms with van der Waals surface area (Å²) in [7, 11) is 0. The van der Waals surface area contributed by atoms with Gasteiger partial charge in [-0.2, -0.15) is 0 Å². The van der Waals surface area contributed by atoms with Crippen molar-refractivity contribution >= 4 is 43.6 Å². The van der Waals surface area contributed by atoms with E-state index in [0.717, 1.165) is 11.4 Å². The molecule has 0 spiro atoms. The minimum Gasteiger partial charge on any atom is -0.309 e. The summed E-state index contributed by atoms with van der Waals surface area (Å²) in [5.41, 5.74) is 16.7. The summed E-state index contributed by atoms with van der Waals surface area (Å²) < 4.78 is 4.85. The van der Waals surface area contributed by atoms with Gasteiger partial charge in [0.1, 0.15) is 0 Å². The molecule has 0 aliphatic carbocycles. The summed E-state index contributed by atoms with van der Waals surface area (Å²) in [6.07, 6.45) is 0. The highest BCUT2D eigenvalue weighted by atomic mass is 15.0. The first kappa shape index (κ1) is 32.0. The number of aromatic nitrogens is 2. The van der Waals surface area contributed by atoms with Gasteiger partial charge in [-0.1, -0.05) is 152 Å². The Morgan fingerprint density at radius 3 is 1.41 bits per heavy atom. The van der Waals surface area contributed by atoms with Crippen molar-refractivity contribution in [2.45, 2.75) is 0 Å². The number of fused-ring (bicyclic) bond motifs is 6. The van der Waals surface area contributed by atoms with Gasteiger partial charge in [-0.15, -0.1) is 0 Å². The molecule has 0 saturated heterocycles. The maximum absolute atomic E-state index is 2.44. The standard InChI is InChI=1S/C54H36N2/c1-5-16-37(17-6-1)40-22-15-25-45(32-40)56-50-27-14-13-26-46(50)48-33-41(28-30-51(48)56)42-29-31-52-49(34-42)54-47(39-20-9-3-10-21-39)35-43(38-18-7-2-8-19-38)36-53(54)55(52)44-23-11-4-12-24-44/h1-36H. The largest absolute Gasteiger partial charge is 0.309 e. The first-order valence-corrected chi connectivity index (χ1v) is 19.3. The number of hydrogen-bond donors (Lipinski definition) is 0. The Bertz CT molecular complexity index is 3210. The molecule has 56 heavy (non-hydrogen) atoms. The Morgan fingerprint density at radius 1 is 0.232 bits per heavy atom. The van der Waals surface area contributed by atoms with Crippen molar-refractivity contribution in [1.29, 1.82) is 0 Å². The van der Waals surface area contributed by atoms with Crippen LogP contribution in [0.15, 0.2) is 218 Å². The maximum Gasteiger partial charge on any atom is 0.0553 e. The smallest absolute Gasteiger partial charge is 0.0553 e. The molecular weight excluding hydrogens is 677 g/mol. The first-order valence-electron chi connectivity index (χ1n) is 19.3. The molecule has 0 aliphatic rings. The van der Waals surface area contributed by atoms with E-state index in [1.54, 1.807) is 0 Å². The number of nitrogens with zero attached hydrogens (tertiary/aromatic N) is 2. The van der Waals surface area contributed by atoms with E-state index in [1.807, 2.05) is 0 Å². The highest BCUT2D eigenvalue weighted by molar-refractivity contribution is 6.18. The van der Waals surface area contributed by atoms with Crippen LogP contribution in [0.3, 0.4) is 0 Å². The van der Waals surface area contributed by atoms with Crippen LogP contribution in [0, 0.1) is 0 Å². The lowest BCUT2D eigenvalue weighted by atomic mass is 9.93. The Kier molecular flexibility index (Phi) is 7.53. The number of para-hydroxylation sites is 2. The monoisotopic (exact) mass is 712 g/mol. The molecule has 2 nitrogen and oxygen atoms in total. The molecule has 11 aromatic rings. The molecule has 2 heterocycles. The average Bonchev–Trinajstić information content (AvgIpc) is 3.79. The van der Waals surface area contributed by atoms with Crippen LogP contribution >= 0.6 is 0 Å². The van der Waals surface area contributed by atoms with Crippen LogP contribution in [0.25, 0.3) is 99.5 Å². The highest BCUT2D eigenvalue weighted by Gasteiger charge is 2.20. The SMILES string of the molecule is c1ccc(-c2cccc(-n3c4ccccc4c4cc(-c5ccc6c(c5)c5c(-c7ccccc7)cc(-c7ccccc7)cc5n6-c5ccccc5)ccc43)c2)cc1. The van der Waals surface area contributed by atoms with Crippen molar-refractivity contribution in [3.05, 3.63) is 218 Å². The van der Waals surface area contributed by atoms with E-state index >= 15 is 0 Å². The predicted octanol–water partition coefficient (Wildman–Crippen LogP) is 14.5. The molecule has 262 valence electrons. The molecule has 0 atom stereocenters. The molecule has 0 bridgehead atoms. The second kappa shape index (κ2) is 13.2. The number of hydrogen-bond acceptors (Lipinski definition) is 0. The van der Waals surface area contributed by atoms with Crippen LogP contribution < -0.4 is 0 Å². The molecule has 0 radical (unpaired) electrons. The van der Waals surface area contributed by atoms with Crippen molar-refractivity contribution in [2.75, 3.05) is 0 Å². The molecule has 2 aromatic heterocycles. The van der Waals surface area contributed by atoms with Gasteiger partial charge < -0.3 is 9.13 Å². The van der Waals surface area contributed by atoms with E-state index in [4.69, 9.17) is 0 Å². The molecule has 0 unspecified atom stereocenters. The fraction of sp³-hybridized carbons (Fsp3) is 0. The summed E-state index contributed by atoms with van der Waals surface area (Å²) in [5.74, 6) is 0. The predicted molar refractivity (Wildman–Crippen MR) is 237 cm³/mol. The molecule has 2 heteroatoms. The average molecular weight is 713 g/mol. The minimum atomic E-state index is 1.15. The van der Waals surface area contributed by atoms with Gasteiger partial charge in [0.2, 0.25) is 0 Å². The van der Waals surface area contributed by atoms with Crippen molar-refractivity contribution < 1.29 is 0 Å². The van der Waals surface area contributed by atoms with Gasteiger partial charge >= 0.3 is 0 Å². The lowest BCUT2D eigenvalue weighted by Gasteiger charge is -2.12. The maximum atomic E-state index is 2.44. The van der Waals surface area contributed by atoms with Crippen LogP contribution in [0.1, 0.15) is 0 Å². The summed E-state index contributed by atoms with van der Waals surface area (Å²) in [6, 6.07) is 79.4. The quantitative estimate of drug-likeness (QED) is 0.162. The molecule has 0 aliphatic heterocycles. The van der Waals surface area contributed by atoms with E-state index < -0.39 is 0 Å². The second-order valence-corrected chi connectivity index (χ2v) is 14.6. The van der Waals surface area contributed by atoms with Gasteiger partial charge in [0.25, 0.3) is 0 Å². The zero-order valence-electron chi connectivity index (χ0n) is 30.7. The number of benzene rings is 9. The lowest BCUT2D eigenvalue weighted by molar-refractivity contribution is 1.18. The topological polar surface area (TPSA) is 9.86 Å². The van der Waals surface area contributed by atoms with Crippen LogP contribution in [0.5, 0.6) is 0 Å².